The molecule has 0 aliphatic carbocycles. The third-order valence-corrected chi connectivity index (χ3v) is 3.56. The molecule has 0 aromatic heterocycles. The minimum absolute atomic E-state index is 0.0124. The highest BCUT2D eigenvalue weighted by atomic mass is 16.5. The quantitative estimate of drug-likeness (QED) is 0.731. The fraction of sp³-hybridized carbons (Fsp3) is 0.300. The van der Waals surface area contributed by atoms with Crippen LogP contribution >= 0.6 is 0 Å². The summed E-state index contributed by atoms with van der Waals surface area (Å²) in [4.78, 5) is 0. The summed E-state index contributed by atoms with van der Waals surface area (Å²) < 4.78 is 10.9. The number of benzene rings is 2. The Morgan fingerprint density at radius 3 is 1.50 bits per heavy atom. The van der Waals surface area contributed by atoms with E-state index in [0.717, 1.165) is 33.8 Å². The maximum atomic E-state index is 8.82. The highest BCUT2D eigenvalue weighted by Crippen LogP contribution is 2.22. The van der Waals surface area contributed by atoms with Gasteiger partial charge < -0.3 is 19.7 Å². The average molecular weight is 328 g/mol. The smallest absolute Gasteiger partial charge is 0.122 e. The molecular weight excluding hydrogens is 304 g/mol. The van der Waals surface area contributed by atoms with Gasteiger partial charge in [0.25, 0.3) is 0 Å². The minimum atomic E-state index is 0.0124. The van der Waals surface area contributed by atoms with Gasteiger partial charge in [-0.3, -0.25) is 0 Å². The second-order valence-electron chi connectivity index (χ2n) is 5.53. The van der Waals surface area contributed by atoms with Gasteiger partial charge >= 0.3 is 0 Å². The van der Waals surface area contributed by atoms with Crippen LogP contribution < -0.4 is 9.47 Å². The molecule has 0 amide bonds. The van der Waals surface area contributed by atoms with E-state index in [9.17, 15) is 0 Å². The van der Waals surface area contributed by atoms with E-state index in [1.807, 2.05) is 50.3 Å². The topological polar surface area (TPSA) is 58.9 Å². The summed E-state index contributed by atoms with van der Waals surface area (Å²) in [7, 11) is 0. The van der Waals surface area contributed by atoms with E-state index < -0.39 is 0 Å². The van der Waals surface area contributed by atoms with E-state index in [0.29, 0.717) is 13.2 Å². The molecule has 0 fully saturated rings. The summed E-state index contributed by atoms with van der Waals surface area (Å²) >= 11 is 0. The molecule has 0 heterocycles. The Labute approximate surface area is 143 Å². The molecule has 128 valence electrons. The second-order valence-corrected chi connectivity index (χ2v) is 5.53. The third kappa shape index (κ3) is 5.11. The van der Waals surface area contributed by atoms with Gasteiger partial charge in [0.05, 0.1) is 13.2 Å². The Hall–Kier alpha value is -2.30. The molecule has 0 radical (unpaired) electrons. The highest BCUT2D eigenvalue weighted by molar-refractivity contribution is 5.71. The van der Waals surface area contributed by atoms with Crippen LogP contribution in [0.3, 0.4) is 0 Å². The van der Waals surface area contributed by atoms with Crippen molar-refractivity contribution in [2.75, 3.05) is 26.4 Å². The minimum Gasteiger partial charge on any atom is -0.491 e. The van der Waals surface area contributed by atoms with Crippen LogP contribution in [0.4, 0.5) is 0 Å². The number of aliphatic hydroxyl groups excluding tert-OH is 2. The second kappa shape index (κ2) is 9.11. The van der Waals surface area contributed by atoms with E-state index in [2.05, 4.69) is 12.1 Å². The van der Waals surface area contributed by atoms with Crippen LogP contribution in [0.1, 0.15) is 22.3 Å². The molecule has 0 aliphatic rings. The Kier molecular flexibility index (Phi) is 6.85. The van der Waals surface area contributed by atoms with Crippen molar-refractivity contribution < 1.29 is 19.7 Å². The molecule has 0 saturated heterocycles. The normalized spacial score (nSPS) is 11.0. The van der Waals surface area contributed by atoms with Crippen LogP contribution in [0, 0.1) is 13.8 Å². The Bertz CT molecular complexity index is 633. The molecule has 0 bridgehead atoms. The maximum absolute atomic E-state index is 8.82. The lowest BCUT2D eigenvalue weighted by Crippen LogP contribution is -2.02. The highest BCUT2D eigenvalue weighted by Gasteiger charge is 2.01. The van der Waals surface area contributed by atoms with Crippen LogP contribution in [0.25, 0.3) is 12.2 Å². The largest absolute Gasteiger partial charge is 0.491 e. The lowest BCUT2D eigenvalue weighted by atomic mass is 10.1. The first-order chi connectivity index (χ1) is 11.6. The molecule has 4 nitrogen and oxygen atoms in total. The number of hydrogen-bond acceptors (Lipinski definition) is 4. The molecule has 0 aliphatic heterocycles. The zero-order chi connectivity index (χ0) is 17.4. The number of ether oxygens (including phenoxy) is 2. The fourth-order valence-electron chi connectivity index (χ4n) is 2.38. The summed E-state index contributed by atoms with van der Waals surface area (Å²) in [5.74, 6) is 1.59. The van der Waals surface area contributed by atoms with Gasteiger partial charge in [0, 0.05) is 0 Å². The van der Waals surface area contributed by atoms with Crippen molar-refractivity contribution >= 4 is 12.2 Å². The van der Waals surface area contributed by atoms with E-state index in [1.165, 1.54) is 0 Å². The average Bonchev–Trinajstić information content (AvgIpc) is 2.58. The van der Waals surface area contributed by atoms with Crippen LogP contribution in [0.2, 0.25) is 0 Å². The molecule has 0 atom stereocenters. The molecule has 4 heteroatoms. The van der Waals surface area contributed by atoms with Crippen molar-refractivity contribution in [2.24, 2.45) is 0 Å². The van der Waals surface area contributed by atoms with Crippen molar-refractivity contribution in [3.8, 4) is 11.5 Å². The van der Waals surface area contributed by atoms with Gasteiger partial charge in [-0.2, -0.15) is 0 Å². The van der Waals surface area contributed by atoms with Crippen molar-refractivity contribution in [3.63, 3.8) is 0 Å². The molecule has 0 unspecified atom stereocenters. The number of hydrogen-bond donors (Lipinski definition) is 2. The zero-order valence-electron chi connectivity index (χ0n) is 14.2. The molecule has 0 spiro atoms. The van der Waals surface area contributed by atoms with Crippen LogP contribution in [0.5, 0.6) is 11.5 Å². The maximum Gasteiger partial charge on any atom is 0.122 e. The molecule has 0 saturated carbocycles. The van der Waals surface area contributed by atoms with Gasteiger partial charge in [-0.1, -0.05) is 24.3 Å². The van der Waals surface area contributed by atoms with Gasteiger partial charge in [0.2, 0.25) is 0 Å². The fourth-order valence-corrected chi connectivity index (χ4v) is 2.38. The number of aryl methyl sites for hydroxylation is 2. The standard InChI is InChI=1S/C20H24O4/c1-15-13-17(5-7-19(15)23-11-9-21)3-4-18-6-8-20(16(2)14-18)24-12-10-22/h3-8,13-14,21-22H,9-12H2,1-2H3/b4-3+. The molecular formula is C20H24O4. The molecule has 2 aromatic carbocycles. The van der Waals surface area contributed by atoms with Gasteiger partial charge in [-0.25, -0.2) is 0 Å². The molecule has 2 N–H and O–H groups in total. The molecule has 2 aromatic rings. The lowest BCUT2D eigenvalue weighted by molar-refractivity contribution is 0.200. The summed E-state index contributed by atoms with van der Waals surface area (Å²) in [5.41, 5.74) is 4.24. The van der Waals surface area contributed by atoms with E-state index >= 15 is 0 Å². The van der Waals surface area contributed by atoms with E-state index in [4.69, 9.17) is 19.7 Å². The van der Waals surface area contributed by atoms with Gasteiger partial charge in [-0.05, 0) is 60.4 Å². The summed E-state index contributed by atoms with van der Waals surface area (Å²) in [6.45, 7) is 4.61. The van der Waals surface area contributed by atoms with Crippen molar-refractivity contribution in [2.45, 2.75) is 13.8 Å². The van der Waals surface area contributed by atoms with E-state index in [-0.39, 0.29) is 13.2 Å². The first kappa shape index (κ1) is 18.0. The predicted molar refractivity (Wildman–Crippen MR) is 96.4 cm³/mol. The number of aliphatic hydroxyl groups is 2. The Morgan fingerprint density at radius 1 is 0.750 bits per heavy atom. The van der Waals surface area contributed by atoms with Crippen LogP contribution in [-0.4, -0.2) is 36.6 Å². The van der Waals surface area contributed by atoms with Crippen LogP contribution in [0.15, 0.2) is 36.4 Å². The molecule has 24 heavy (non-hydrogen) atoms. The summed E-state index contributed by atoms with van der Waals surface area (Å²) in [6.07, 6.45) is 4.09. The third-order valence-electron chi connectivity index (χ3n) is 3.56. The van der Waals surface area contributed by atoms with Gasteiger partial charge in [0.15, 0.2) is 0 Å². The Balaban J connectivity index is 2.07. The first-order valence-corrected chi connectivity index (χ1v) is 8.00. The van der Waals surface area contributed by atoms with Gasteiger partial charge in [-0.15, -0.1) is 0 Å². The van der Waals surface area contributed by atoms with E-state index in [1.54, 1.807) is 0 Å². The SMILES string of the molecule is Cc1cc(/C=C/c2ccc(OCCO)c(C)c2)ccc1OCCO. The summed E-state index contributed by atoms with van der Waals surface area (Å²) in [5, 5.41) is 17.6. The molecule has 2 rings (SSSR count). The van der Waals surface area contributed by atoms with Crippen molar-refractivity contribution in [1.29, 1.82) is 0 Å². The number of rotatable bonds is 8. The zero-order valence-corrected chi connectivity index (χ0v) is 14.2. The van der Waals surface area contributed by atoms with Gasteiger partial charge in [0.1, 0.15) is 24.7 Å². The monoisotopic (exact) mass is 328 g/mol. The first-order valence-electron chi connectivity index (χ1n) is 8.00. The van der Waals surface area contributed by atoms with Crippen LogP contribution in [-0.2, 0) is 0 Å². The summed E-state index contributed by atoms with van der Waals surface area (Å²) in [6, 6.07) is 11.9. The van der Waals surface area contributed by atoms with Crippen molar-refractivity contribution in [1.82, 2.24) is 0 Å². The van der Waals surface area contributed by atoms with Crippen molar-refractivity contribution in [3.05, 3.63) is 58.7 Å². The Morgan fingerprint density at radius 2 is 1.17 bits per heavy atom. The predicted octanol–water partition coefficient (Wildman–Crippen LogP) is 3.22. The lowest BCUT2D eigenvalue weighted by Gasteiger charge is -2.09.